The van der Waals surface area contributed by atoms with E-state index >= 15 is 0 Å². The number of esters is 1. The molecule has 0 bridgehead atoms. The van der Waals surface area contributed by atoms with Gasteiger partial charge in [-0.05, 0) is 12.1 Å². The molecule has 0 radical (unpaired) electrons. The van der Waals surface area contributed by atoms with E-state index < -0.39 is 4.92 Å². The van der Waals surface area contributed by atoms with E-state index in [1.807, 2.05) is 0 Å². The highest BCUT2D eigenvalue weighted by atomic mass is 32.2. The number of carbonyl (C=O) groups is 1. The molecule has 0 amide bonds. The zero-order chi connectivity index (χ0) is 14.5. The molecule has 1 aromatic carbocycles. The Balaban J connectivity index is 2.42. The average Bonchev–Trinajstić information content (AvgIpc) is 2.27. The first kappa shape index (κ1) is 15.5. The molecule has 0 aromatic heterocycles. The van der Waals surface area contributed by atoms with Gasteiger partial charge in [0.25, 0.3) is 5.69 Å². The third-order valence-electron chi connectivity index (χ3n) is 2.12. The number of nitrogens with zero attached hydrogens (tertiary/aromatic N) is 1. The number of hydrogen-bond acceptors (Lipinski definition) is 5. The molecule has 0 aliphatic rings. The van der Waals surface area contributed by atoms with Crippen molar-refractivity contribution in [1.82, 2.24) is 0 Å². The molecule has 104 valence electrons. The zero-order valence-electron chi connectivity index (χ0n) is 11.2. The summed E-state index contributed by atoms with van der Waals surface area (Å²) in [6.45, 7) is 6.25. The van der Waals surface area contributed by atoms with Crippen LogP contribution in [0.4, 0.5) is 5.69 Å². The van der Waals surface area contributed by atoms with Crippen LogP contribution in [0.25, 0.3) is 0 Å². The second kappa shape index (κ2) is 6.56. The van der Waals surface area contributed by atoms with Crippen molar-refractivity contribution in [2.45, 2.75) is 31.9 Å². The maximum Gasteiger partial charge on any atom is 0.312 e. The van der Waals surface area contributed by atoms with Gasteiger partial charge < -0.3 is 4.74 Å². The predicted molar refractivity (Wildman–Crippen MR) is 75.6 cm³/mol. The summed E-state index contributed by atoms with van der Waals surface area (Å²) in [5.41, 5.74) is -0.0249. The molecule has 0 aliphatic carbocycles. The van der Waals surface area contributed by atoms with Crippen LogP contribution in [-0.2, 0) is 4.79 Å². The number of non-ortho nitro benzene ring substituents is 1. The maximum absolute atomic E-state index is 11.5. The van der Waals surface area contributed by atoms with E-state index in [0.29, 0.717) is 17.9 Å². The van der Waals surface area contributed by atoms with E-state index in [0.717, 1.165) is 0 Å². The molecule has 0 fully saturated rings. The van der Waals surface area contributed by atoms with Gasteiger partial charge in [0, 0.05) is 22.6 Å². The molecule has 0 N–H and O–H groups in total. The van der Waals surface area contributed by atoms with Crippen molar-refractivity contribution in [3.8, 4) is 5.75 Å². The molecule has 6 heteroatoms. The number of carbonyl (C=O) groups excluding carboxylic acids is 1. The molecule has 0 saturated heterocycles. The summed E-state index contributed by atoms with van der Waals surface area (Å²) >= 11 is 1.69. The van der Waals surface area contributed by atoms with Gasteiger partial charge in [0.1, 0.15) is 5.75 Å². The molecule has 0 aliphatic heterocycles. The fraction of sp³-hybridized carbons (Fsp3) is 0.462. The first-order chi connectivity index (χ1) is 8.78. The molecule has 0 atom stereocenters. The van der Waals surface area contributed by atoms with Gasteiger partial charge >= 0.3 is 5.97 Å². The number of ether oxygens (including phenoxy) is 1. The first-order valence-electron chi connectivity index (χ1n) is 5.87. The third kappa shape index (κ3) is 6.24. The van der Waals surface area contributed by atoms with Crippen molar-refractivity contribution in [2.24, 2.45) is 0 Å². The normalized spacial score (nSPS) is 11.1. The smallest absolute Gasteiger partial charge is 0.312 e. The Kier molecular flexibility index (Phi) is 5.35. The lowest BCUT2D eigenvalue weighted by Gasteiger charge is -2.16. The maximum atomic E-state index is 11.5. The molecular weight excluding hydrogens is 266 g/mol. The van der Waals surface area contributed by atoms with Gasteiger partial charge in [-0.2, -0.15) is 11.8 Å². The summed E-state index contributed by atoms with van der Waals surface area (Å²) < 4.78 is 5.21. The van der Waals surface area contributed by atoms with E-state index in [4.69, 9.17) is 4.74 Å². The Hall–Kier alpha value is -1.56. The summed E-state index contributed by atoms with van der Waals surface area (Å²) in [7, 11) is 0. The molecule has 1 rings (SSSR count). The van der Waals surface area contributed by atoms with Gasteiger partial charge in [-0.25, -0.2) is 0 Å². The summed E-state index contributed by atoms with van der Waals surface area (Å²) in [6, 6.07) is 5.47. The Morgan fingerprint density at radius 1 is 1.32 bits per heavy atom. The molecule has 0 unspecified atom stereocenters. The molecule has 19 heavy (non-hydrogen) atoms. The van der Waals surface area contributed by atoms with Crippen LogP contribution in [0.1, 0.15) is 27.2 Å². The fourth-order valence-electron chi connectivity index (χ4n) is 1.26. The van der Waals surface area contributed by atoms with Crippen molar-refractivity contribution in [1.29, 1.82) is 0 Å². The summed E-state index contributed by atoms with van der Waals surface area (Å²) in [6.07, 6.45) is 0.318. The van der Waals surface area contributed by atoms with Crippen molar-refractivity contribution in [2.75, 3.05) is 5.75 Å². The quantitative estimate of drug-likeness (QED) is 0.358. The van der Waals surface area contributed by atoms with Crippen LogP contribution >= 0.6 is 11.8 Å². The monoisotopic (exact) mass is 283 g/mol. The van der Waals surface area contributed by atoms with Crippen molar-refractivity contribution < 1.29 is 14.5 Å². The van der Waals surface area contributed by atoms with Crippen LogP contribution in [0, 0.1) is 10.1 Å². The topological polar surface area (TPSA) is 69.4 Å². The zero-order valence-corrected chi connectivity index (χ0v) is 12.0. The van der Waals surface area contributed by atoms with Gasteiger partial charge in [-0.3, -0.25) is 14.9 Å². The highest BCUT2D eigenvalue weighted by Gasteiger charge is 2.13. The van der Waals surface area contributed by atoms with Gasteiger partial charge in [0.2, 0.25) is 0 Å². The minimum absolute atomic E-state index is 0.0249. The standard InChI is InChI=1S/C13H17NO4S/c1-13(2,3)19-9-8-12(15)18-11-6-4-10(5-7-11)14(16)17/h4-7H,8-9H2,1-3H3. The Morgan fingerprint density at radius 2 is 1.89 bits per heavy atom. The van der Waals surface area contributed by atoms with Crippen LogP contribution in [0.5, 0.6) is 5.75 Å². The number of nitro groups is 1. The minimum Gasteiger partial charge on any atom is -0.426 e. The van der Waals surface area contributed by atoms with E-state index in [1.54, 1.807) is 11.8 Å². The second-order valence-corrected chi connectivity index (χ2v) is 6.86. The van der Waals surface area contributed by atoms with Crippen LogP contribution in [0.15, 0.2) is 24.3 Å². The summed E-state index contributed by atoms with van der Waals surface area (Å²) in [5, 5.41) is 10.5. The lowest BCUT2D eigenvalue weighted by molar-refractivity contribution is -0.384. The Morgan fingerprint density at radius 3 is 2.37 bits per heavy atom. The Bertz CT molecular complexity index is 451. The average molecular weight is 283 g/mol. The number of rotatable bonds is 5. The van der Waals surface area contributed by atoms with Gasteiger partial charge in [-0.1, -0.05) is 20.8 Å². The second-order valence-electron chi connectivity index (χ2n) is 4.94. The number of thioether (sulfide) groups is 1. The molecular formula is C13H17NO4S. The Labute approximate surface area is 116 Å². The van der Waals surface area contributed by atoms with E-state index in [1.165, 1.54) is 24.3 Å². The number of benzene rings is 1. The SMILES string of the molecule is CC(C)(C)SCCC(=O)Oc1ccc([N+](=O)[O-])cc1. The molecule has 0 saturated carbocycles. The largest absolute Gasteiger partial charge is 0.426 e. The number of nitro benzene ring substituents is 1. The van der Waals surface area contributed by atoms with Crippen molar-refractivity contribution >= 4 is 23.4 Å². The van der Waals surface area contributed by atoms with Crippen LogP contribution in [-0.4, -0.2) is 21.4 Å². The lowest BCUT2D eigenvalue weighted by atomic mass is 10.3. The number of hydrogen-bond donors (Lipinski definition) is 0. The summed E-state index contributed by atoms with van der Waals surface area (Å²) in [4.78, 5) is 21.5. The van der Waals surface area contributed by atoms with Crippen molar-refractivity contribution in [3.05, 3.63) is 34.4 Å². The van der Waals surface area contributed by atoms with E-state index in [2.05, 4.69) is 20.8 Å². The highest BCUT2D eigenvalue weighted by molar-refractivity contribution is 8.00. The van der Waals surface area contributed by atoms with Gasteiger partial charge in [0.15, 0.2) is 0 Å². The van der Waals surface area contributed by atoms with Gasteiger partial charge in [-0.15, -0.1) is 0 Å². The van der Waals surface area contributed by atoms with Crippen LogP contribution in [0.2, 0.25) is 0 Å². The molecule has 0 spiro atoms. The van der Waals surface area contributed by atoms with Gasteiger partial charge in [0.05, 0.1) is 11.3 Å². The highest BCUT2D eigenvalue weighted by Crippen LogP contribution is 2.24. The fourth-order valence-corrected chi connectivity index (χ4v) is 2.14. The molecule has 5 nitrogen and oxygen atoms in total. The minimum atomic E-state index is -0.494. The van der Waals surface area contributed by atoms with E-state index in [-0.39, 0.29) is 16.4 Å². The third-order valence-corrected chi connectivity index (χ3v) is 3.39. The molecule has 0 heterocycles. The predicted octanol–water partition coefficient (Wildman–Crippen LogP) is 3.42. The molecule has 1 aromatic rings. The lowest BCUT2D eigenvalue weighted by Crippen LogP contribution is -2.13. The summed E-state index contributed by atoms with van der Waals surface area (Å²) in [5.74, 6) is 0.692. The van der Waals surface area contributed by atoms with Crippen LogP contribution < -0.4 is 4.74 Å². The van der Waals surface area contributed by atoms with E-state index in [9.17, 15) is 14.9 Å². The van der Waals surface area contributed by atoms with Crippen LogP contribution in [0.3, 0.4) is 0 Å². The van der Waals surface area contributed by atoms with Crippen molar-refractivity contribution in [3.63, 3.8) is 0 Å². The first-order valence-corrected chi connectivity index (χ1v) is 6.85.